The molecule has 6 saturated carbocycles. The average Bonchev–Trinajstić information content (AvgIpc) is 1.66. The van der Waals surface area contributed by atoms with E-state index in [4.69, 9.17) is 39.8 Å². The number of benzene rings is 4. The van der Waals surface area contributed by atoms with Gasteiger partial charge in [0.15, 0.2) is 21.3 Å². The van der Waals surface area contributed by atoms with E-state index < -0.39 is 79.8 Å². The number of nitrogens with two attached hydrogens (primary N) is 2. The van der Waals surface area contributed by atoms with Gasteiger partial charge in [-0.25, -0.2) is 30.7 Å². The topological polar surface area (TPSA) is 70.5 Å². The molecular formula is C80H116BCl2F8IN2O2P2Pd. The van der Waals surface area contributed by atoms with E-state index in [-0.39, 0.29) is 27.0 Å². The van der Waals surface area contributed by atoms with Crippen LogP contribution in [0.3, 0.4) is 0 Å². The van der Waals surface area contributed by atoms with Crippen molar-refractivity contribution in [1.29, 1.82) is 0 Å². The summed E-state index contributed by atoms with van der Waals surface area (Å²) in [6.07, 6.45) is 55.9. The van der Waals surface area contributed by atoms with Crippen LogP contribution in [0.2, 0.25) is 0 Å². The van der Waals surface area contributed by atoms with Crippen molar-refractivity contribution >= 4 is 98.9 Å². The standard InChI is InChI=1S/C19H19F4N.2C18H33P.C13H15F2I.C12H16BF2NO2.2ClH.Pd/c1-2-3-4-5-12-6-8-13(9-7-12)17(22)18(23)14-10-15(20)19(24)16(21)11-14;2*1-4-10-16(11-5-1)19(17-12-6-2-7-13-17)18-14-8-3-9-15-18;1-2-3-4-5-10-6-8-11(9-7-10)12(14)13(15)16;1-11(2)12(3,4)18-13(17-11)7-5-8(14)10(16)9(15)6-7;;;/h6-11H,2-5,24H2,1H3;2*16-18H,1-15H2;6-9H,2-5H2,1H3;5-6H,16H2,1-4H3;2*1H;/q;;;;;;;+2/p-2/b18-17+;;;13-12-;;;;. The SMILES string of the molecule is C1CCC(P(C2CCCCC2)C2CCCCC2)CC1.C1CCC(P(C2CCCCC2)C2CCCCC2)CC1.CC1(C)OB(c2cc(F)c(N)c(F)c2)OC1(C)C.CCCCCc1ccc(/C(F)=C(\F)I)cc1.CCCCCc1ccc(/C(F)=C(\F)c2cc(F)c(N)c(F)c2)cc1.[Cl][Pd][Cl]. The van der Waals surface area contributed by atoms with E-state index in [2.05, 4.69) is 13.8 Å². The third-order valence-corrected chi connectivity index (χ3v) is 30.5. The molecule has 0 atom stereocenters. The molecule has 0 spiro atoms. The molecule has 1 saturated heterocycles. The molecule has 4 aromatic carbocycles. The van der Waals surface area contributed by atoms with Crippen LogP contribution in [0.1, 0.15) is 301 Å². The van der Waals surface area contributed by atoms with Crippen LogP contribution in [-0.2, 0) is 38.1 Å². The third-order valence-electron chi connectivity index (χ3n) is 21.8. The summed E-state index contributed by atoms with van der Waals surface area (Å²) in [6, 6.07) is 17.0. The normalized spacial score (nSPS) is 20.2. The number of unbranched alkanes of at least 4 members (excludes halogenated alkanes) is 4. The molecule has 558 valence electrons. The van der Waals surface area contributed by atoms with Crippen molar-refractivity contribution in [2.45, 2.75) is 331 Å². The average molecular weight is 1670 g/mol. The number of hydrogen-bond donors (Lipinski definition) is 2. The number of rotatable bonds is 18. The number of anilines is 2. The molecule has 0 unspecified atom stereocenters. The molecule has 7 aliphatic rings. The minimum absolute atomic E-state index is 0.0179. The number of aryl methyl sites for hydroxylation is 2. The maximum atomic E-state index is 14.2. The van der Waals surface area contributed by atoms with Crippen LogP contribution in [0.4, 0.5) is 46.5 Å². The Morgan fingerprint density at radius 1 is 0.434 bits per heavy atom. The molecule has 0 radical (unpaired) electrons. The van der Waals surface area contributed by atoms with E-state index in [0.29, 0.717) is 33.5 Å². The van der Waals surface area contributed by atoms with Crippen molar-refractivity contribution in [3.8, 4) is 0 Å². The first kappa shape index (κ1) is 86.1. The molecule has 4 N–H and O–H groups in total. The van der Waals surface area contributed by atoms with Crippen molar-refractivity contribution in [3.05, 3.63) is 128 Å². The summed E-state index contributed by atoms with van der Waals surface area (Å²) in [5.41, 5.74) is 17.5. The zero-order chi connectivity index (χ0) is 71.9. The molecule has 6 aliphatic carbocycles. The van der Waals surface area contributed by atoms with E-state index in [9.17, 15) is 35.1 Å². The first-order valence-electron chi connectivity index (χ1n) is 37.7. The number of hydrogen-bond acceptors (Lipinski definition) is 4. The summed E-state index contributed by atoms with van der Waals surface area (Å²) >= 11 is 1.24. The van der Waals surface area contributed by atoms with Gasteiger partial charge >= 0.3 is 42.1 Å². The van der Waals surface area contributed by atoms with E-state index in [1.165, 1.54) is 126 Å². The van der Waals surface area contributed by atoms with Crippen LogP contribution < -0.4 is 16.9 Å². The second-order valence-corrected chi connectivity index (χ2v) is 39.0. The first-order valence-corrected chi connectivity index (χ1v) is 45.9. The zero-order valence-corrected chi connectivity index (χ0v) is 67.2. The second kappa shape index (κ2) is 45.7. The van der Waals surface area contributed by atoms with Crippen LogP contribution in [0.5, 0.6) is 0 Å². The minimum atomic E-state index is -1.33. The summed E-state index contributed by atoms with van der Waals surface area (Å²) in [5.74, 6) is -7.14. The Hall–Kier alpha value is -1.78. The molecule has 0 bridgehead atoms. The van der Waals surface area contributed by atoms with Crippen molar-refractivity contribution in [3.63, 3.8) is 0 Å². The van der Waals surface area contributed by atoms with Gasteiger partial charge in [-0.15, -0.1) is 0 Å². The van der Waals surface area contributed by atoms with Gasteiger partial charge in [-0.3, -0.25) is 0 Å². The van der Waals surface area contributed by atoms with E-state index >= 15 is 0 Å². The van der Waals surface area contributed by atoms with Gasteiger partial charge in [0.25, 0.3) is 0 Å². The summed E-state index contributed by atoms with van der Waals surface area (Å²) in [7, 11) is 9.61. The van der Waals surface area contributed by atoms with Gasteiger partial charge in [0.1, 0.15) is 34.6 Å². The molecule has 4 aromatic rings. The zero-order valence-electron chi connectivity index (χ0n) is 60.2. The van der Waals surface area contributed by atoms with Crippen LogP contribution in [0, 0.1) is 23.3 Å². The van der Waals surface area contributed by atoms with Gasteiger partial charge in [-0.1, -0.05) is 219 Å². The molecule has 4 nitrogen and oxygen atoms in total. The quantitative estimate of drug-likeness (QED) is 0.0198. The second-order valence-electron chi connectivity index (χ2n) is 29.5. The molecule has 19 heteroatoms. The van der Waals surface area contributed by atoms with Gasteiger partial charge in [0.05, 0.1) is 11.2 Å². The fraction of sp³-hybridized carbons (Fsp3) is 0.650. The van der Waals surface area contributed by atoms with Crippen LogP contribution in [0.25, 0.3) is 17.5 Å². The Morgan fingerprint density at radius 2 is 0.687 bits per heavy atom. The summed E-state index contributed by atoms with van der Waals surface area (Å²) in [4.78, 5) is 0. The predicted octanol–water partition coefficient (Wildman–Crippen LogP) is 27.6. The molecule has 1 heterocycles. The summed E-state index contributed by atoms with van der Waals surface area (Å²) in [5, 5.41) is 0. The molecule has 99 heavy (non-hydrogen) atoms. The Kier molecular flexibility index (Phi) is 39.7. The maximum absolute atomic E-state index is 14.2. The van der Waals surface area contributed by atoms with Crippen LogP contribution in [0.15, 0.2) is 76.6 Å². The van der Waals surface area contributed by atoms with Crippen LogP contribution in [-0.4, -0.2) is 52.3 Å². The molecule has 0 amide bonds. The Labute approximate surface area is 624 Å². The Morgan fingerprint density at radius 3 is 0.949 bits per heavy atom. The van der Waals surface area contributed by atoms with Crippen molar-refractivity contribution in [2.24, 2.45) is 0 Å². The van der Waals surface area contributed by atoms with Crippen molar-refractivity contribution in [1.82, 2.24) is 0 Å². The van der Waals surface area contributed by atoms with Gasteiger partial charge in [-0.05, 0) is 228 Å². The van der Waals surface area contributed by atoms with E-state index in [1.54, 1.807) is 178 Å². The van der Waals surface area contributed by atoms with Crippen molar-refractivity contribution < 1.29 is 60.4 Å². The predicted molar refractivity (Wildman–Crippen MR) is 416 cm³/mol. The summed E-state index contributed by atoms with van der Waals surface area (Å²) < 4.78 is 118. The molecule has 0 aromatic heterocycles. The van der Waals surface area contributed by atoms with Gasteiger partial charge in [0.2, 0.25) is 0 Å². The fourth-order valence-corrected chi connectivity index (χ4v) is 25.3. The molecule has 11 rings (SSSR count). The van der Waals surface area contributed by atoms with E-state index in [1.807, 2.05) is 39.8 Å². The van der Waals surface area contributed by atoms with Gasteiger partial charge in [0, 0.05) is 16.7 Å². The van der Waals surface area contributed by atoms with Crippen LogP contribution >= 0.6 is 57.5 Å². The number of halogens is 11. The molecule has 1 aliphatic heterocycles. The Bertz CT molecular complexity index is 2820. The third kappa shape index (κ3) is 27.8. The Balaban J connectivity index is 0.000000194. The van der Waals surface area contributed by atoms with Crippen molar-refractivity contribution in [2.75, 3.05) is 11.5 Å². The number of nitrogen functional groups attached to an aromatic ring is 2. The molecule has 7 fully saturated rings. The first-order chi connectivity index (χ1) is 47.5. The fourth-order valence-electron chi connectivity index (χ4n) is 15.7. The van der Waals surface area contributed by atoms with E-state index in [0.717, 1.165) is 56.2 Å². The monoisotopic (exact) mass is 1660 g/mol. The summed E-state index contributed by atoms with van der Waals surface area (Å²) in [6.45, 7) is 11.8. The van der Waals surface area contributed by atoms with Gasteiger partial charge in [-0.2, -0.15) is 4.39 Å². The molecular weight excluding hydrogens is 1550 g/mol. The van der Waals surface area contributed by atoms with Gasteiger partial charge < -0.3 is 20.8 Å².